The number of anilines is 2. The van der Waals surface area contributed by atoms with E-state index in [1.54, 1.807) is 17.7 Å². The highest BCUT2D eigenvalue weighted by molar-refractivity contribution is 7.19. The first-order valence-electron chi connectivity index (χ1n) is 11.4. The summed E-state index contributed by atoms with van der Waals surface area (Å²) >= 11 is 2.84. The van der Waals surface area contributed by atoms with Gasteiger partial charge in [0.05, 0.1) is 21.7 Å². The van der Waals surface area contributed by atoms with E-state index in [1.165, 1.54) is 21.8 Å². The van der Waals surface area contributed by atoms with Gasteiger partial charge in [-0.05, 0) is 55.9 Å². The number of carbonyl (C=O) groups is 1. The molecule has 0 saturated carbocycles. The molecule has 6 rings (SSSR count). The number of amides is 1. The van der Waals surface area contributed by atoms with Crippen molar-refractivity contribution in [1.29, 1.82) is 5.26 Å². The van der Waals surface area contributed by atoms with Crippen LogP contribution in [0.4, 0.5) is 11.5 Å². The number of hydrogen-bond acceptors (Lipinski definition) is 8. The lowest BCUT2D eigenvalue weighted by atomic mass is 9.86. The first-order valence-corrected chi connectivity index (χ1v) is 13.1. The van der Waals surface area contributed by atoms with E-state index in [4.69, 9.17) is 5.26 Å². The summed E-state index contributed by atoms with van der Waals surface area (Å²) in [5.41, 5.74) is 2.93. The maximum absolute atomic E-state index is 13.2. The van der Waals surface area contributed by atoms with Gasteiger partial charge in [-0.15, -0.1) is 11.3 Å². The molecule has 4 aromatic rings. The normalized spacial score (nSPS) is 18.7. The number of nitriles is 1. The number of thiazole rings is 1. The van der Waals surface area contributed by atoms with E-state index in [0.29, 0.717) is 13.1 Å². The molecule has 2 aliphatic rings. The largest absolute Gasteiger partial charge is 0.342 e. The predicted molar refractivity (Wildman–Crippen MR) is 134 cm³/mol. The minimum atomic E-state index is -0.0676. The molecule has 3 aromatic heterocycles. The Morgan fingerprint density at radius 2 is 2.06 bits per heavy atom. The van der Waals surface area contributed by atoms with Crippen molar-refractivity contribution in [2.24, 2.45) is 11.8 Å². The molecule has 1 aliphatic heterocycles. The molecule has 4 heterocycles. The van der Waals surface area contributed by atoms with Gasteiger partial charge in [0.15, 0.2) is 0 Å². The van der Waals surface area contributed by atoms with E-state index in [2.05, 4.69) is 26.3 Å². The van der Waals surface area contributed by atoms with Crippen LogP contribution in [0.15, 0.2) is 29.3 Å². The van der Waals surface area contributed by atoms with Crippen molar-refractivity contribution in [3.8, 4) is 6.07 Å². The van der Waals surface area contributed by atoms with Crippen LogP contribution in [-0.2, 0) is 17.6 Å². The van der Waals surface area contributed by atoms with Crippen molar-refractivity contribution >= 4 is 60.5 Å². The average molecular weight is 491 g/mol. The van der Waals surface area contributed by atoms with Gasteiger partial charge < -0.3 is 15.2 Å². The number of fused-ring (bicyclic) bond motifs is 4. The molecule has 0 spiro atoms. The number of carbonyl (C=O) groups excluding carboxylic acids is 1. The van der Waals surface area contributed by atoms with Gasteiger partial charge in [0.25, 0.3) is 0 Å². The first-order chi connectivity index (χ1) is 16.6. The van der Waals surface area contributed by atoms with E-state index in [9.17, 15) is 9.59 Å². The van der Waals surface area contributed by atoms with Gasteiger partial charge in [0.1, 0.15) is 17.0 Å². The van der Waals surface area contributed by atoms with E-state index >= 15 is 0 Å². The zero-order valence-corrected chi connectivity index (χ0v) is 20.0. The Morgan fingerprint density at radius 1 is 1.21 bits per heavy atom. The topological polar surface area (TPSA) is 115 Å². The molecule has 8 nitrogen and oxygen atoms in total. The quantitative estimate of drug-likeness (QED) is 0.445. The summed E-state index contributed by atoms with van der Waals surface area (Å²) < 4.78 is 0.896. The summed E-state index contributed by atoms with van der Waals surface area (Å²) in [5.74, 6) is 1.05. The minimum Gasteiger partial charge on any atom is -0.342 e. The highest BCUT2D eigenvalue weighted by atomic mass is 32.1. The summed E-state index contributed by atoms with van der Waals surface area (Å²) in [6, 6.07) is 8.11. The number of aryl methyl sites for hydroxylation is 1. The summed E-state index contributed by atoms with van der Waals surface area (Å²) in [7, 11) is 0. The van der Waals surface area contributed by atoms with Gasteiger partial charge in [-0.1, -0.05) is 11.3 Å². The fraction of sp³-hybridized carbons (Fsp3) is 0.375. The van der Waals surface area contributed by atoms with Crippen molar-refractivity contribution in [3.63, 3.8) is 0 Å². The molecule has 172 valence electrons. The molecule has 1 aromatic carbocycles. The van der Waals surface area contributed by atoms with Gasteiger partial charge >= 0.3 is 4.87 Å². The third-order valence-electron chi connectivity index (χ3n) is 6.87. The number of H-pyrrole nitrogens is 1. The summed E-state index contributed by atoms with van der Waals surface area (Å²) in [6.07, 6.45) is 5.49. The number of hydrogen-bond donors (Lipinski definition) is 2. The number of rotatable bonds is 3. The second-order valence-electron chi connectivity index (χ2n) is 8.93. The number of benzene rings is 1. The Labute approximate surface area is 203 Å². The highest BCUT2D eigenvalue weighted by Gasteiger charge is 2.33. The lowest BCUT2D eigenvalue weighted by molar-refractivity contribution is -0.137. The molecule has 0 bridgehead atoms. The van der Waals surface area contributed by atoms with E-state index in [1.807, 2.05) is 23.1 Å². The third kappa shape index (κ3) is 3.75. The lowest BCUT2D eigenvalue weighted by Crippen LogP contribution is -2.42. The fourth-order valence-corrected chi connectivity index (χ4v) is 7.11. The van der Waals surface area contributed by atoms with Gasteiger partial charge in [-0.2, -0.15) is 5.26 Å². The Balaban J connectivity index is 1.25. The standard InChI is InChI=1S/C24H22N6O2S2/c25-11-13-5-7-30(8-6-13)23(31)14-1-3-16-18(9-14)33-22-20(16)21(26-12-27-22)28-15-2-4-17-19(10-15)34-24(32)29-17/h2,4,10,12-14H,1,3,5-9H2,(H,29,32)(H,26,27,28). The second kappa shape index (κ2) is 8.49. The molecular formula is C24H22N6O2S2. The van der Waals surface area contributed by atoms with Crippen LogP contribution in [0.2, 0.25) is 0 Å². The lowest BCUT2D eigenvalue weighted by Gasteiger charge is -2.33. The molecule has 1 unspecified atom stereocenters. The van der Waals surface area contributed by atoms with Crippen LogP contribution in [0, 0.1) is 23.2 Å². The van der Waals surface area contributed by atoms with Crippen molar-refractivity contribution in [1.82, 2.24) is 19.9 Å². The van der Waals surface area contributed by atoms with Crippen LogP contribution in [0.5, 0.6) is 0 Å². The van der Waals surface area contributed by atoms with Gasteiger partial charge in [-0.3, -0.25) is 9.59 Å². The number of thiophene rings is 1. The maximum atomic E-state index is 13.2. The monoisotopic (exact) mass is 490 g/mol. The molecule has 1 atom stereocenters. The Kier molecular flexibility index (Phi) is 5.31. The van der Waals surface area contributed by atoms with Crippen molar-refractivity contribution in [3.05, 3.63) is 44.6 Å². The van der Waals surface area contributed by atoms with Crippen LogP contribution in [-0.4, -0.2) is 38.8 Å². The molecule has 1 aliphatic carbocycles. The average Bonchev–Trinajstić information content (AvgIpc) is 3.42. The Hall–Kier alpha value is -3.29. The second-order valence-corrected chi connectivity index (χ2v) is 11.0. The molecule has 34 heavy (non-hydrogen) atoms. The number of piperidine rings is 1. The molecule has 1 saturated heterocycles. The van der Waals surface area contributed by atoms with Crippen LogP contribution >= 0.6 is 22.7 Å². The van der Waals surface area contributed by atoms with Gasteiger partial charge in [0.2, 0.25) is 5.91 Å². The van der Waals surface area contributed by atoms with Gasteiger partial charge in [0, 0.05) is 35.5 Å². The van der Waals surface area contributed by atoms with E-state index in [-0.39, 0.29) is 22.6 Å². The molecular weight excluding hydrogens is 468 g/mol. The van der Waals surface area contributed by atoms with Crippen LogP contribution < -0.4 is 10.2 Å². The Bertz CT molecular complexity index is 1510. The highest BCUT2D eigenvalue weighted by Crippen LogP contribution is 2.41. The zero-order valence-electron chi connectivity index (χ0n) is 18.3. The van der Waals surface area contributed by atoms with Crippen molar-refractivity contribution < 1.29 is 4.79 Å². The van der Waals surface area contributed by atoms with Crippen molar-refractivity contribution in [2.75, 3.05) is 18.4 Å². The molecule has 1 amide bonds. The molecule has 1 fully saturated rings. The maximum Gasteiger partial charge on any atom is 0.305 e. The Morgan fingerprint density at radius 3 is 2.88 bits per heavy atom. The number of aromatic nitrogens is 3. The van der Waals surface area contributed by atoms with E-state index in [0.717, 1.165) is 64.0 Å². The number of nitrogens with zero attached hydrogens (tertiary/aromatic N) is 4. The van der Waals surface area contributed by atoms with Crippen molar-refractivity contribution in [2.45, 2.75) is 32.1 Å². The summed E-state index contributed by atoms with van der Waals surface area (Å²) in [5, 5.41) is 13.6. The molecule has 2 N–H and O–H groups in total. The SMILES string of the molecule is N#CC1CCN(C(=O)C2CCc3c(sc4ncnc(Nc5ccc6[nH]c(=O)sc6c5)c34)C2)CC1. The molecule has 10 heteroatoms. The number of nitrogens with one attached hydrogen (secondary N) is 2. The fourth-order valence-electron chi connectivity index (χ4n) is 5.06. The van der Waals surface area contributed by atoms with Crippen LogP contribution in [0.3, 0.4) is 0 Å². The summed E-state index contributed by atoms with van der Waals surface area (Å²) in [4.78, 5) is 40.7. The first kappa shape index (κ1) is 21.3. The molecule has 0 radical (unpaired) electrons. The van der Waals surface area contributed by atoms with Crippen LogP contribution in [0.25, 0.3) is 20.4 Å². The minimum absolute atomic E-state index is 0.0117. The number of aromatic amines is 1. The van der Waals surface area contributed by atoms with Crippen LogP contribution in [0.1, 0.15) is 29.7 Å². The van der Waals surface area contributed by atoms with E-state index < -0.39 is 0 Å². The summed E-state index contributed by atoms with van der Waals surface area (Å²) in [6.45, 7) is 1.37. The zero-order chi connectivity index (χ0) is 23.2. The number of likely N-dealkylation sites (tertiary alicyclic amines) is 1. The predicted octanol–water partition coefficient (Wildman–Crippen LogP) is 4.20. The van der Waals surface area contributed by atoms with Gasteiger partial charge in [-0.25, -0.2) is 9.97 Å². The smallest absolute Gasteiger partial charge is 0.305 e. The third-order valence-corrected chi connectivity index (χ3v) is 8.87.